The van der Waals surface area contributed by atoms with Gasteiger partial charge in [-0.15, -0.1) is 0 Å². The molecule has 0 bridgehead atoms. The van der Waals surface area contributed by atoms with E-state index in [0.29, 0.717) is 5.56 Å². The summed E-state index contributed by atoms with van der Waals surface area (Å²) < 4.78 is 17.5. The third kappa shape index (κ3) is 6.47. The van der Waals surface area contributed by atoms with Gasteiger partial charge in [0, 0.05) is 59.7 Å². The number of hydrazone groups is 1. The van der Waals surface area contributed by atoms with Gasteiger partial charge >= 0.3 is 0 Å². The number of nitrogens with one attached hydrogen (secondary N) is 1. The maximum Gasteiger partial charge on any atom is 0.271 e. The number of aliphatic hydroxyl groups is 2. The van der Waals surface area contributed by atoms with Crippen molar-refractivity contribution >= 4 is 35.0 Å². The van der Waals surface area contributed by atoms with Crippen LogP contribution in [0.15, 0.2) is 59.7 Å². The first kappa shape index (κ1) is 37.5. The summed E-state index contributed by atoms with van der Waals surface area (Å²) in [4.78, 5) is 65.9. The Hall–Kier alpha value is -5.78. The van der Waals surface area contributed by atoms with Crippen LogP contribution < -0.4 is 15.9 Å². The van der Waals surface area contributed by atoms with Crippen LogP contribution in [0, 0.1) is 0 Å². The average Bonchev–Trinajstić information content (AvgIpc) is 3.48. The van der Waals surface area contributed by atoms with Crippen molar-refractivity contribution in [3.8, 4) is 17.2 Å². The van der Waals surface area contributed by atoms with E-state index in [2.05, 4.69) is 10.5 Å². The summed E-state index contributed by atoms with van der Waals surface area (Å²) in [6.07, 6.45) is -2.50. The summed E-state index contributed by atoms with van der Waals surface area (Å²) >= 11 is 0. The second-order valence-corrected chi connectivity index (χ2v) is 14.0. The van der Waals surface area contributed by atoms with Crippen molar-refractivity contribution < 1.29 is 58.6 Å². The van der Waals surface area contributed by atoms with Crippen LogP contribution in [0.3, 0.4) is 0 Å². The average molecular weight is 755 g/mol. The van der Waals surface area contributed by atoms with E-state index >= 15 is 0 Å². The fourth-order valence-corrected chi connectivity index (χ4v) is 7.50. The molecule has 0 spiro atoms. The number of nitrogens with zero attached hydrogens (tertiary/aromatic N) is 2. The lowest BCUT2D eigenvalue weighted by molar-refractivity contribution is -0.245. The van der Waals surface area contributed by atoms with Gasteiger partial charge in [0.15, 0.2) is 12.1 Å². The molecule has 0 saturated carbocycles. The van der Waals surface area contributed by atoms with Crippen molar-refractivity contribution in [2.75, 3.05) is 7.11 Å². The third-order valence-electron chi connectivity index (χ3n) is 10.6. The number of aliphatic hydroxyl groups excluding tert-OH is 1. The highest BCUT2D eigenvalue weighted by Crippen LogP contribution is 2.52. The highest BCUT2D eigenvalue weighted by molar-refractivity contribution is 6.31. The first-order valence-corrected chi connectivity index (χ1v) is 17.4. The second kappa shape index (κ2) is 14.1. The first-order valence-electron chi connectivity index (χ1n) is 17.4. The molecule has 1 fully saturated rings. The number of benzene rings is 3. The Morgan fingerprint density at radius 2 is 1.69 bits per heavy atom. The van der Waals surface area contributed by atoms with Crippen LogP contribution in [-0.2, 0) is 32.0 Å². The Balaban J connectivity index is 1.21. The summed E-state index contributed by atoms with van der Waals surface area (Å²) in [5, 5.41) is 50.4. The van der Waals surface area contributed by atoms with E-state index in [-0.39, 0.29) is 58.7 Å². The number of methoxy groups -OCH3 is 1. The van der Waals surface area contributed by atoms with Crippen LogP contribution in [0.25, 0.3) is 0 Å². The van der Waals surface area contributed by atoms with Crippen molar-refractivity contribution in [2.45, 2.75) is 75.9 Å². The van der Waals surface area contributed by atoms with Gasteiger partial charge in [0.1, 0.15) is 22.8 Å². The molecule has 4 aliphatic rings. The second-order valence-electron chi connectivity index (χ2n) is 14.0. The number of imide groups is 1. The number of aromatic hydroxyl groups is 2. The maximum absolute atomic E-state index is 14.0. The monoisotopic (exact) mass is 754 g/mol. The van der Waals surface area contributed by atoms with Crippen molar-refractivity contribution in [1.82, 2.24) is 10.3 Å². The zero-order valence-corrected chi connectivity index (χ0v) is 29.9. The lowest BCUT2D eigenvalue weighted by Crippen LogP contribution is -2.52. The van der Waals surface area contributed by atoms with Crippen LogP contribution in [0.4, 0.5) is 0 Å². The van der Waals surface area contributed by atoms with E-state index in [0.717, 1.165) is 4.90 Å². The van der Waals surface area contributed by atoms with Crippen LogP contribution in [-0.4, -0.2) is 97.6 Å². The summed E-state index contributed by atoms with van der Waals surface area (Å²) in [7, 11) is 1.33. The number of amides is 3. The third-order valence-corrected chi connectivity index (χ3v) is 10.6. The van der Waals surface area contributed by atoms with Gasteiger partial charge in [0.05, 0.1) is 54.4 Å². The smallest absolute Gasteiger partial charge is 0.271 e. The fourth-order valence-electron chi connectivity index (χ4n) is 7.50. The molecule has 55 heavy (non-hydrogen) atoms. The number of phenols is 2. The highest BCUT2D eigenvalue weighted by Gasteiger charge is 2.49. The van der Waals surface area contributed by atoms with Gasteiger partial charge in [-0.05, 0) is 37.6 Å². The molecule has 0 aromatic heterocycles. The molecule has 1 saturated heterocycles. The van der Waals surface area contributed by atoms with Crippen molar-refractivity contribution in [2.24, 2.45) is 10.8 Å². The number of phenolic OH excluding ortho intramolecular Hbond substituents is 2. The van der Waals surface area contributed by atoms with Crippen molar-refractivity contribution in [1.29, 1.82) is 0 Å². The summed E-state index contributed by atoms with van der Waals surface area (Å²) in [5.74, 6) is -4.26. The van der Waals surface area contributed by atoms with Crippen molar-refractivity contribution in [3.63, 3.8) is 0 Å². The largest absolute Gasteiger partial charge is 0.507 e. The number of hydrogen-bond acceptors (Lipinski definition) is 14. The number of carbonyl (C=O) groups is 5. The molecule has 6 atom stereocenters. The molecule has 16 heteroatoms. The molecule has 0 radical (unpaired) electrons. The minimum absolute atomic E-state index is 0.0128. The number of ketones is 2. The molecule has 2 aliphatic heterocycles. The maximum atomic E-state index is 14.0. The Morgan fingerprint density at radius 3 is 2.35 bits per heavy atom. The Morgan fingerprint density at radius 1 is 1.02 bits per heavy atom. The lowest BCUT2D eigenvalue weighted by atomic mass is 9.71. The molecule has 16 nitrogen and oxygen atoms in total. The number of nitrogens with two attached hydrogens (primary N) is 1. The van der Waals surface area contributed by atoms with E-state index in [1.54, 1.807) is 19.1 Å². The Kier molecular flexibility index (Phi) is 9.64. The lowest BCUT2D eigenvalue weighted by Gasteiger charge is -2.42. The molecule has 2 aliphatic carbocycles. The van der Waals surface area contributed by atoms with Gasteiger partial charge < -0.3 is 40.4 Å². The molecule has 7 N–H and O–H groups in total. The van der Waals surface area contributed by atoms with Crippen LogP contribution in [0.5, 0.6) is 17.2 Å². The standard InChI is InChI=1S/C39H38N4O12/c1-17-33(46)23(40)13-28(54-17)55-25-15-39(52,18(2)41-42-38(51)20-9-7-19(8-10-20)16-43-26(44)11-12-27(43)45)14-22-30(25)37(50)32-31(35(22)48)34(47)21-5-4-6-24(53-3)29(21)36(32)49/h4-12,17,23,25,28,33,46,48,50,52H,13-16,40H2,1-3H3,(H,42,51)/b41-18+/t17-,23-,25-,28-,33+,39-/m0/s1. The molecular formula is C39H38N4O12. The molecule has 286 valence electrons. The number of carbonyl (C=O) groups excluding carboxylic acids is 5. The van der Waals surface area contributed by atoms with E-state index < -0.39 is 94.6 Å². The number of rotatable bonds is 8. The molecule has 0 unspecified atom stereocenters. The predicted molar refractivity (Wildman–Crippen MR) is 191 cm³/mol. The predicted octanol–water partition coefficient (Wildman–Crippen LogP) is 1.67. The summed E-state index contributed by atoms with van der Waals surface area (Å²) in [5.41, 5.74) is 6.10. The zero-order valence-electron chi connectivity index (χ0n) is 29.9. The fraction of sp³-hybridized carbons (Fsp3) is 0.333. The van der Waals surface area contributed by atoms with Crippen LogP contribution in [0.1, 0.15) is 91.7 Å². The van der Waals surface area contributed by atoms with Crippen LogP contribution in [0.2, 0.25) is 0 Å². The summed E-state index contributed by atoms with van der Waals surface area (Å²) in [6, 6.07) is 9.76. The summed E-state index contributed by atoms with van der Waals surface area (Å²) in [6.45, 7) is 3.05. The number of hydrogen-bond donors (Lipinski definition) is 6. The van der Waals surface area contributed by atoms with E-state index in [1.165, 1.54) is 56.5 Å². The van der Waals surface area contributed by atoms with Crippen LogP contribution >= 0.6 is 0 Å². The van der Waals surface area contributed by atoms with Gasteiger partial charge in [-0.25, -0.2) is 5.43 Å². The molecule has 3 amide bonds. The van der Waals surface area contributed by atoms with E-state index in [1.807, 2.05) is 0 Å². The minimum atomic E-state index is -1.97. The van der Waals surface area contributed by atoms with Gasteiger partial charge in [-0.3, -0.25) is 28.9 Å². The molecule has 7 rings (SSSR count). The molecule has 2 heterocycles. The SMILES string of the molecule is COc1cccc2c1C(=O)c1c(O)c3c(c(O)c1C2=O)C[C@@](O)(/C(C)=N/NC(=O)c1ccc(CN2C(=O)C=CC2=O)cc1)C[C@@H]3O[C@H]1C[C@H](N)[C@H](O)[C@H](C)O1. The molecular weight excluding hydrogens is 716 g/mol. The normalized spacial score (nSPS) is 26.1. The zero-order chi connectivity index (χ0) is 39.5. The van der Waals surface area contributed by atoms with Crippen molar-refractivity contribution in [3.05, 3.63) is 99.1 Å². The number of fused-ring (bicyclic) bond motifs is 3. The first-order chi connectivity index (χ1) is 26.1. The minimum Gasteiger partial charge on any atom is -0.507 e. The van der Waals surface area contributed by atoms with Gasteiger partial charge in [-0.1, -0.05) is 24.3 Å². The van der Waals surface area contributed by atoms with E-state index in [4.69, 9.17) is 19.9 Å². The Bertz CT molecular complexity index is 2190. The topological polar surface area (TPSA) is 248 Å². The van der Waals surface area contributed by atoms with Gasteiger partial charge in [0.2, 0.25) is 5.78 Å². The number of ether oxygens (including phenoxy) is 3. The van der Waals surface area contributed by atoms with E-state index in [9.17, 15) is 44.4 Å². The molecule has 3 aromatic rings. The quantitative estimate of drug-likeness (QED) is 0.0650. The van der Waals surface area contributed by atoms with Gasteiger partial charge in [0.25, 0.3) is 17.7 Å². The molecule has 3 aromatic carbocycles. The van der Waals surface area contributed by atoms with Gasteiger partial charge in [-0.2, -0.15) is 5.10 Å². The highest BCUT2D eigenvalue weighted by atomic mass is 16.7. The Labute approximate surface area is 313 Å².